The Bertz CT molecular complexity index is 762. The highest BCUT2D eigenvalue weighted by Crippen LogP contribution is 2.21. The second-order valence-electron chi connectivity index (χ2n) is 5.74. The smallest absolute Gasteiger partial charge is 0.216 e. The Labute approximate surface area is 170 Å². The SMILES string of the molecule is CC.CCCc1cccnc1OC/C(=C(/N)c1ccc(Br)c(C)n1)N(C)N. The lowest BCUT2D eigenvalue weighted by Gasteiger charge is -2.20. The molecule has 0 aromatic carbocycles. The second-order valence-corrected chi connectivity index (χ2v) is 6.60. The molecule has 0 spiro atoms. The van der Waals surface area contributed by atoms with Gasteiger partial charge < -0.3 is 15.5 Å². The van der Waals surface area contributed by atoms with Crippen molar-refractivity contribution in [2.24, 2.45) is 11.6 Å². The molecule has 0 aliphatic rings. The number of hydrogen-bond acceptors (Lipinski definition) is 6. The van der Waals surface area contributed by atoms with E-state index in [0.717, 1.165) is 28.6 Å². The number of likely N-dealkylation sites (N-methyl/N-ethyl adjacent to an activating group) is 1. The number of rotatable bonds is 7. The van der Waals surface area contributed by atoms with Gasteiger partial charge in [0.2, 0.25) is 5.88 Å². The zero-order valence-corrected chi connectivity index (χ0v) is 18.4. The molecule has 7 heteroatoms. The first kappa shape index (κ1) is 22.9. The molecule has 2 rings (SSSR count). The lowest BCUT2D eigenvalue weighted by atomic mass is 10.1. The summed E-state index contributed by atoms with van der Waals surface area (Å²) in [5.41, 5.74) is 10.0. The van der Waals surface area contributed by atoms with E-state index in [1.165, 1.54) is 5.01 Å². The molecule has 27 heavy (non-hydrogen) atoms. The van der Waals surface area contributed by atoms with Crippen LogP contribution >= 0.6 is 15.9 Å². The molecule has 0 unspecified atom stereocenters. The molecule has 2 aromatic heterocycles. The van der Waals surface area contributed by atoms with E-state index in [0.29, 0.717) is 23.0 Å². The average molecular weight is 436 g/mol. The van der Waals surface area contributed by atoms with Crippen LogP contribution in [0.4, 0.5) is 0 Å². The highest BCUT2D eigenvalue weighted by molar-refractivity contribution is 9.10. The minimum atomic E-state index is 0.212. The molecule has 0 radical (unpaired) electrons. The van der Waals surface area contributed by atoms with E-state index in [4.69, 9.17) is 16.3 Å². The van der Waals surface area contributed by atoms with Crippen LogP contribution in [0.3, 0.4) is 0 Å². The molecule has 0 bridgehead atoms. The van der Waals surface area contributed by atoms with Crippen LogP contribution in [0.5, 0.6) is 5.88 Å². The van der Waals surface area contributed by atoms with E-state index in [1.54, 1.807) is 13.2 Å². The number of pyridine rings is 2. The molecule has 0 amide bonds. The maximum Gasteiger partial charge on any atom is 0.216 e. The monoisotopic (exact) mass is 435 g/mol. The number of hydrazine groups is 1. The van der Waals surface area contributed by atoms with Crippen molar-refractivity contribution < 1.29 is 4.74 Å². The first-order valence-electron chi connectivity index (χ1n) is 9.11. The van der Waals surface area contributed by atoms with E-state index in [2.05, 4.69) is 32.8 Å². The Morgan fingerprint density at radius 3 is 2.56 bits per heavy atom. The van der Waals surface area contributed by atoms with Gasteiger partial charge in [0, 0.05) is 23.3 Å². The summed E-state index contributed by atoms with van der Waals surface area (Å²) in [5, 5.41) is 1.46. The van der Waals surface area contributed by atoms with Gasteiger partial charge in [-0.3, -0.25) is 4.98 Å². The lowest BCUT2D eigenvalue weighted by molar-refractivity contribution is 0.284. The van der Waals surface area contributed by atoms with E-state index in [9.17, 15) is 0 Å². The summed E-state index contributed by atoms with van der Waals surface area (Å²) in [7, 11) is 1.72. The molecule has 2 aromatic rings. The van der Waals surface area contributed by atoms with Gasteiger partial charge in [0.1, 0.15) is 6.61 Å². The van der Waals surface area contributed by atoms with Crippen molar-refractivity contribution in [2.75, 3.05) is 13.7 Å². The number of aromatic nitrogens is 2. The largest absolute Gasteiger partial charge is 0.471 e. The maximum absolute atomic E-state index is 6.30. The van der Waals surface area contributed by atoms with Crippen molar-refractivity contribution >= 4 is 21.6 Å². The molecule has 0 fully saturated rings. The fraction of sp³-hybridized carbons (Fsp3) is 0.400. The normalized spacial score (nSPS) is 11.2. The molecule has 0 atom stereocenters. The van der Waals surface area contributed by atoms with Gasteiger partial charge in [0.25, 0.3) is 0 Å². The van der Waals surface area contributed by atoms with Gasteiger partial charge in [-0.05, 0) is 47.5 Å². The Morgan fingerprint density at radius 1 is 1.26 bits per heavy atom. The quantitative estimate of drug-likeness (QED) is 0.503. The summed E-state index contributed by atoms with van der Waals surface area (Å²) >= 11 is 3.44. The minimum Gasteiger partial charge on any atom is -0.471 e. The van der Waals surface area contributed by atoms with Gasteiger partial charge >= 0.3 is 0 Å². The summed E-state index contributed by atoms with van der Waals surface area (Å²) in [6.45, 7) is 8.24. The highest BCUT2D eigenvalue weighted by Gasteiger charge is 2.13. The molecule has 0 saturated heterocycles. The van der Waals surface area contributed by atoms with E-state index in [1.807, 2.05) is 45.0 Å². The first-order valence-corrected chi connectivity index (χ1v) is 9.90. The molecule has 6 nitrogen and oxygen atoms in total. The van der Waals surface area contributed by atoms with Gasteiger partial charge in [-0.15, -0.1) is 0 Å². The number of aryl methyl sites for hydroxylation is 2. The summed E-state index contributed by atoms with van der Waals surface area (Å²) in [5.74, 6) is 6.57. The molecule has 2 heterocycles. The zero-order chi connectivity index (χ0) is 20.4. The minimum absolute atomic E-state index is 0.212. The third-order valence-corrected chi connectivity index (χ3v) is 4.59. The predicted octanol–water partition coefficient (Wildman–Crippen LogP) is 4.04. The molecule has 0 aliphatic carbocycles. The Morgan fingerprint density at radius 2 is 1.96 bits per heavy atom. The number of hydrogen-bond donors (Lipinski definition) is 2. The van der Waals surface area contributed by atoms with Crippen LogP contribution in [0.15, 0.2) is 40.6 Å². The van der Waals surface area contributed by atoms with Crippen molar-refractivity contribution in [3.63, 3.8) is 0 Å². The Hall–Kier alpha value is -2.12. The lowest BCUT2D eigenvalue weighted by Crippen LogP contribution is -2.31. The molecule has 0 aliphatic heterocycles. The van der Waals surface area contributed by atoms with Crippen LogP contribution in [0, 0.1) is 6.92 Å². The van der Waals surface area contributed by atoms with Crippen LogP contribution < -0.4 is 16.3 Å². The standard InChI is InChI=1S/C18H24BrN5O.C2H6/c1-4-6-13-7-5-10-22-18(13)25-11-16(24(3)21)17(20)15-9-8-14(19)12(2)23-15;1-2/h5,7-10H,4,6,11,20-21H2,1-3H3;1-2H3/b17-16-;. The number of nitrogens with two attached hydrogens (primary N) is 2. The van der Waals surface area contributed by atoms with Crippen molar-refractivity contribution in [3.05, 3.63) is 57.6 Å². The number of ether oxygens (including phenoxy) is 1. The fourth-order valence-electron chi connectivity index (χ4n) is 2.36. The average Bonchev–Trinajstić information content (AvgIpc) is 2.67. The summed E-state index contributed by atoms with van der Waals surface area (Å²) in [6.07, 6.45) is 3.64. The molecular formula is C20H30BrN5O. The fourth-order valence-corrected chi connectivity index (χ4v) is 2.58. The summed E-state index contributed by atoms with van der Waals surface area (Å²) < 4.78 is 6.83. The van der Waals surface area contributed by atoms with Crippen molar-refractivity contribution in [3.8, 4) is 5.88 Å². The van der Waals surface area contributed by atoms with E-state index < -0.39 is 0 Å². The molecule has 0 saturated carbocycles. The van der Waals surface area contributed by atoms with Crippen LogP contribution in [0.1, 0.15) is 44.1 Å². The van der Waals surface area contributed by atoms with Gasteiger partial charge in [0.15, 0.2) is 0 Å². The topological polar surface area (TPSA) is 90.3 Å². The van der Waals surface area contributed by atoms with Gasteiger partial charge in [0.05, 0.1) is 22.8 Å². The van der Waals surface area contributed by atoms with E-state index in [-0.39, 0.29) is 6.61 Å². The second kappa shape index (κ2) is 11.6. The Kier molecular flexibility index (Phi) is 9.82. The van der Waals surface area contributed by atoms with Gasteiger partial charge in [-0.2, -0.15) is 0 Å². The Balaban J connectivity index is 0.00000176. The molecule has 4 N–H and O–H groups in total. The number of halogens is 1. The van der Waals surface area contributed by atoms with Crippen LogP contribution in [-0.4, -0.2) is 28.6 Å². The van der Waals surface area contributed by atoms with Crippen LogP contribution in [0.25, 0.3) is 5.70 Å². The van der Waals surface area contributed by atoms with Crippen molar-refractivity contribution in [2.45, 2.75) is 40.5 Å². The summed E-state index contributed by atoms with van der Waals surface area (Å²) in [6, 6.07) is 7.69. The summed E-state index contributed by atoms with van der Waals surface area (Å²) in [4.78, 5) is 8.81. The first-order chi connectivity index (χ1) is 12.9. The van der Waals surface area contributed by atoms with Gasteiger partial charge in [-0.1, -0.05) is 33.3 Å². The number of nitrogens with zero attached hydrogens (tertiary/aromatic N) is 3. The third kappa shape index (κ3) is 6.52. The van der Waals surface area contributed by atoms with Crippen molar-refractivity contribution in [1.82, 2.24) is 15.0 Å². The zero-order valence-electron chi connectivity index (χ0n) is 16.8. The third-order valence-electron chi connectivity index (χ3n) is 3.75. The van der Waals surface area contributed by atoms with E-state index >= 15 is 0 Å². The maximum atomic E-state index is 6.30. The predicted molar refractivity (Wildman–Crippen MR) is 115 cm³/mol. The van der Waals surface area contributed by atoms with Crippen LogP contribution in [-0.2, 0) is 6.42 Å². The van der Waals surface area contributed by atoms with Crippen LogP contribution in [0.2, 0.25) is 0 Å². The molecular weight excluding hydrogens is 406 g/mol. The van der Waals surface area contributed by atoms with Gasteiger partial charge in [-0.25, -0.2) is 10.8 Å². The van der Waals surface area contributed by atoms with Crippen molar-refractivity contribution in [1.29, 1.82) is 0 Å². The molecule has 148 valence electrons. The highest BCUT2D eigenvalue weighted by atomic mass is 79.9.